The molecule has 7 heteroatoms. The van der Waals surface area contributed by atoms with Gasteiger partial charge in [-0.1, -0.05) is 19.1 Å². The van der Waals surface area contributed by atoms with Crippen LogP contribution in [0.25, 0.3) is 0 Å². The molecule has 0 bridgehead atoms. The van der Waals surface area contributed by atoms with Gasteiger partial charge < -0.3 is 16.0 Å². The normalized spacial score (nSPS) is 19.0. The second-order valence-electron chi connectivity index (χ2n) is 6.99. The van der Waals surface area contributed by atoms with Gasteiger partial charge in [-0.15, -0.1) is 0 Å². The standard InChI is InChI=1S/C20H27N5O2/c1-3-7-22-19(26)15-6-4-5-14(8-15)9-23-20(27)18-12-21-11-17(18)16-10-24-25(2)13-16/h4-6,8,10,13,17-18,21H,3,7,9,11-12H2,1-2H3,(H,22,26)(H,23,27)/t17-,18+/m1/s1. The number of rotatable bonds is 7. The van der Waals surface area contributed by atoms with Crippen molar-refractivity contribution in [1.82, 2.24) is 25.7 Å². The van der Waals surface area contributed by atoms with Crippen LogP contribution in [0.3, 0.4) is 0 Å². The largest absolute Gasteiger partial charge is 0.352 e. The first-order valence-corrected chi connectivity index (χ1v) is 9.42. The number of carbonyl (C=O) groups excluding carboxylic acids is 2. The third kappa shape index (κ3) is 4.74. The van der Waals surface area contributed by atoms with Crippen molar-refractivity contribution in [3.63, 3.8) is 0 Å². The first-order valence-electron chi connectivity index (χ1n) is 9.42. The lowest BCUT2D eigenvalue weighted by Gasteiger charge is -2.17. The molecular formula is C20H27N5O2. The molecule has 1 aromatic carbocycles. The van der Waals surface area contributed by atoms with Gasteiger partial charge in [0.05, 0.1) is 12.1 Å². The smallest absolute Gasteiger partial charge is 0.251 e. The molecule has 2 amide bonds. The Hall–Kier alpha value is -2.67. The van der Waals surface area contributed by atoms with Crippen LogP contribution in [0.2, 0.25) is 0 Å². The minimum atomic E-state index is -0.120. The predicted molar refractivity (Wildman–Crippen MR) is 103 cm³/mol. The molecule has 2 aromatic rings. The van der Waals surface area contributed by atoms with E-state index < -0.39 is 0 Å². The van der Waals surface area contributed by atoms with Crippen LogP contribution in [-0.4, -0.2) is 41.2 Å². The molecule has 0 aliphatic carbocycles. The van der Waals surface area contributed by atoms with Gasteiger partial charge in [0.25, 0.3) is 5.91 Å². The zero-order valence-electron chi connectivity index (χ0n) is 15.9. The molecule has 0 saturated carbocycles. The fourth-order valence-electron chi connectivity index (χ4n) is 3.42. The Morgan fingerprint density at radius 2 is 2.15 bits per heavy atom. The summed E-state index contributed by atoms with van der Waals surface area (Å²) in [6, 6.07) is 7.38. The zero-order chi connectivity index (χ0) is 19.2. The van der Waals surface area contributed by atoms with E-state index in [1.807, 2.05) is 44.6 Å². The maximum atomic E-state index is 12.7. The molecule has 0 spiro atoms. The highest BCUT2D eigenvalue weighted by atomic mass is 16.2. The van der Waals surface area contributed by atoms with Gasteiger partial charge in [-0.05, 0) is 29.7 Å². The fraction of sp³-hybridized carbons (Fsp3) is 0.450. The van der Waals surface area contributed by atoms with Gasteiger partial charge in [-0.25, -0.2) is 0 Å². The number of hydrogen-bond donors (Lipinski definition) is 3. The van der Waals surface area contributed by atoms with Crippen LogP contribution in [0.15, 0.2) is 36.7 Å². The lowest BCUT2D eigenvalue weighted by molar-refractivity contribution is -0.125. The Kier molecular flexibility index (Phi) is 6.24. The van der Waals surface area contributed by atoms with Gasteiger partial charge >= 0.3 is 0 Å². The molecule has 3 N–H and O–H groups in total. The highest BCUT2D eigenvalue weighted by Gasteiger charge is 2.34. The monoisotopic (exact) mass is 369 g/mol. The summed E-state index contributed by atoms with van der Waals surface area (Å²) < 4.78 is 1.76. The Labute approximate surface area is 159 Å². The van der Waals surface area contributed by atoms with Crippen LogP contribution in [0, 0.1) is 5.92 Å². The van der Waals surface area contributed by atoms with Crippen LogP contribution >= 0.6 is 0 Å². The molecule has 1 fully saturated rings. The summed E-state index contributed by atoms with van der Waals surface area (Å²) in [7, 11) is 1.88. The quantitative estimate of drug-likeness (QED) is 0.684. The average molecular weight is 369 g/mol. The summed E-state index contributed by atoms with van der Waals surface area (Å²) in [5, 5.41) is 13.4. The van der Waals surface area contributed by atoms with Crippen LogP contribution in [0.4, 0.5) is 0 Å². The molecule has 144 valence electrons. The van der Waals surface area contributed by atoms with Crippen molar-refractivity contribution in [2.45, 2.75) is 25.8 Å². The third-order valence-corrected chi connectivity index (χ3v) is 4.90. The van der Waals surface area contributed by atoms with E-state index >= 15 is 0 Å². The highest BCUT2D eigenvalue weighted by molar-refractivity contribution is 5.94. The number of carbonyl (C=O) groups is 2. The van der Waals surface area contributed by atoms with Gasteiger partial charge in [0.15, 0.2) is 0 Å². The lowest BCUT2D eigenvalue weighted by atomic mass is 9.90. The first-order chi connectivity index (χ1) is 13.1. The van der Waals surface area contributed by atoms with Crippen molar-refractivity contribution in [3.8, 4) is 0 Å². The van der Waals surface area contributed by atoms with Gasteiger partial charge in [-0.3, -0.25) is 14.3 Å². The minimum Gasteiger partial charge on any atom is -0.352 e. The first kappa shape index (κ1) is 19.1. The number of benzene rings is 1. The Morgan fingerprint density at radius 1 is 1.30 bits per heavy atom. The zero-order valence-corrected chi connectivity index (χ0v) is 15.9. The topological polar surface area (TPSA) is 88.1 Å². The van der Waals surface area contributed by atoms with E-state index in [9.17, 15) is 9.59 Å². The van der Waals surface area contributed by atoms with Crippen molar-refractivity contribution in [3.05, 3.63) is 53.3 Å². The molecule has 0 unspecified atom stereocenters. The molecule has 27 heavy (non-hydrogen) atoms. The summed E-state index contributed by atoms with van der Waals surface area (Å²) in [6.45, 7) is 4.51. The van der Waals surface area contributed by atoms with Gasteiger partial charge in [0.2, 0.25) is 5.91 Å². The fourth-order valence-corrected chi connectivity index (χ4v) is 3.42. The molecule has 0 radical (unpaired) electrons. The maximum absolute atomic E-state index is 12.7. The SMILES string of the molecule is CCCNC(=O)c1cccc(CNC(=O)[C@H]2CNC[C@@H]2c2cnn(C)c2)c1. The van der Waals surface area contributed by atoms with Crippen LogP contribution in [0.5, 0.6) is 0 Å². The van der Waals surface area contributed by atoms with Crippen molar-refractivity contribution in [1.29, 1.82) is 0 Å². The number of nitrogens with zero attached hydrogens (tertiary/aromatic N) is 2. The second kappa shape index (κ2) is 8.81. The van der Waals surface area contributed by atoms with E-state index in [0.29, 0.717) is 25.2 Å². The van der Waals surface area contributed by atoms with Gasteiger partial charge in [0.1, 0.15) is 0 Å². The minimum absolute atomic E-state index is 0.0229. The van der Waals surface area contributed by atoms with E-state index in [4.69, 9.17) is 0 Å². The molecule has 7 nitrogen and oxygen atoms in total. The average Bonchev–Trinajstić information content (AvgIpc) is 3.33. The highest BCUT2D eigenvalue weighted by Crippen LogP contribution is 2.27. The number of hydrogen-bond acceptors (Lipinski definition) is 4. The Balaban J connectivity index is 1.59. The lowest BCUT2D eigenvalue weighted by Crippen LogP contribution is -2.34. The molecule has 2 atom stereocenters. The van der Waals surface area contributed by atoms with E-state index in [2.05, 4.69) is 21.0 Å². The van der Waals surface area contributed by atoms with Crippen molar-refractivity contribution in [2.75, 3.05) is 19.6 Å². The predicted octanol–water partition coefficient (Wildman–Crippen LogP) is 1.18. The van der Waals surface area contributed by atoms with Crippen LogP contribution in [-0.2, 0) is 18.4 Å². The van der Waals surface area contributed by atoms with Crippen molar-refractivity contribution >= 4 is 11.8 Å². The second-order valence-corrected chi connectivity index (χ2v) is 6.99. The number of nitrogens with one attached hydrogen (secondary N) is 3. The van der Waals surface area contributed by atoms with Crippen LogP contribution in [0.1, 0.15) is 40.7 Å². The van der Waals surface area contributed by atoms with E-state index in [1.54, 1.807) is 10.7 Å². The number of amides is 2. The summed E-state index contributed by atoms with van der Waals surface area (Å²) in [5.74, 6) is -0.0496. The van der Waals surface area contributed by atoms with Gasteiger partial charge in [-0.2, -0.15) is 5.10 Å². The summed E-state index contributed by atoms with van der Waals surface area (Å²) >= 11 is 0. The van der Waals surface area contributed by atoms with Crippen molar-refractivity contribution in [2.24, 2.45) is 13.0 Å². The molecule has 3 rings (SSSR count). The summed E-state index contributed by atoms with van der Waals surface area (Å²) in [4.78, 5) is 24.8. The molecule has 1 aromatic heterocycles. The van der Waals surface area contributed by atoms with E-state index in [-0.39, 0.29) is 23.7 Å². The summed E-state index contributed by atoms with van der Waals surface area (Å²) in [6.07, 6.45) is 4.70. The molecule has 1 aliphatic rings. The van der Waals surface area contributed by atoms with Crippen LogP contribution < -0.4 is 16.0 Å². The Bertz CT molecular complexity index is 801. The van der Waals surface area contributed by atoms with Crippen molar-refractivity contribution < 1.29 is 9.59 Å². The molecular weight excluding hydrogens is 342 g/mol. The number of aromatic nitrogens is 2. The summed E-state index contributed by atoms with van der Waals surface area (Å²) in [5.41, 5.74) is 2.61. The molecule has 2 heterocycles. The Morgan fingerprint density at radius 3 is 2.89 bits per heavy atom. The molecule has 1 aliphatic heterocycles. The third-order valence-electron chi connectivity index (χ3n) is 4.90. The maximum Gasteiger partial charge on any atom is 0.251 e. The van der Waals surface area contributed by atoms with Gasteiger partial charge in [0, 0.05) is 50.9 Å². The van der Waals surface area contributed by atoms with E-state index in [1.165, 1.54) is 0 Å². The number of aryl methyl sites for hydroxylation is 1. The molecule has 1 saturated heterocycles. The van der Waals surface area contributed by atoms with E-state index in [0.717, 1.165) is 24.1 Å².